The second-order valence-electron chi connectivity index (χ2n) is 6.49. The van der Waals surface area contributed by atoms with Crippen LogP contribution in [0.2, 0.25) is 10.0 Å². The van der Waals surface area contributed by atoms with Gasteiger partial charge in [0.05, 0.1) is 5.39 Å². The minimum Gasteiger partial charge on any atom is -0.364 e. The number of aromatic amines is 1. The van der Waals surface area contributed by atoms with Crippen molar-refractivity contribution in [3.8, 4) is 0 Å². The summed E-state index contributed by atoms with van der Waals surface area (Å²) in [6.07, 6.45) is 6.14. The average molecular weight is 376 g/mol. The van der Waals surface area contributed by atoms with Gasteiger partial charge in [0, 0.05) is 21.8 Å². The van der Waals surface area contributed by atoms with Crippen LogP contribution in [-0.4, -0.2) is 33.6 Å². The zero-order chi connectivity index (χ0) is 17.3. The SMILES string of the molecule is Clc1cccc(Cl)c1CC1(Nc2ncnc3[nH]ccc23)CCNCC1. The topological polar surface area (TPSA) is 65.6 Å². The van der Waals surface area contributed by atoms with Crippen LogP contribution in [0, 0.1) is 0 Å². The molecule has 3 aromatic rings. The standard InChI is InChI=1S/C18H19Cl2N5/c19-14-2-1-3-15(20)13(14)10-18(5-8-21-9-6-18)25-17-12-4-7-22-16(12)23-11-24-17/h1-4,7,11,21H,5-6,8-10H2,(H2,22,23,24,25). The zero-order valence-electron chi connectivity index (χ0n) is 13.6. The Kier molecular flexibility index (Phi) is 4.54. The van der Waals surface area contributed by atoms with E-state index >= 15 is 0 Å². The van der Waals surface area contributed by atoms with Gasteiger partial charge in [0.1, 0.15) is 17.8 Å². The molecular formula is C18H19Cl2N5. The Bertz CT molecular complexity index is 866. The monoisotopic (exact) mass is 375 g/mol. The number of rotatable bonds is 4. The summed E-state index contributed by atoms with van der Waals surface area (Å²) in [6, 6.07) is 7.67. The predicted octanol–water partition coefficient (Wildman–Crippen LogP) is 4.04. The van der Waals surface area contributed by atoms with E-state index in [0.717, 1.165) is 54.8 Å². The first-order chi connectivity index (χ1) is 12.2. The lowest BCUT2D eigenvalue weighted by molar-refractivity contribution is 0.335. The Balaban J connectivity index is 1.71. The highest BCUT2D eigenvalue weighted by Gasteiger charge is 2.34. The van der Waals surface area contributed by atoms with Crippen LogP contribution in [-0.2, 0) is 6.42 Å². The molecule has 1 fully saturated rings. The molecule has 2 aromatic heterocycles. The van der Waals surface area contributed by atoms with Crippen molar-refractivity contribution in [2.24, 2.45) is 0 Å². The van der Waals surface area contributed by atoms with E-state index in [-0.39, 0.29) is 5.54 Å². The molecule has 3 N–H and O–H groups in total. The fraction of sp³-hybridized carbons (Fsp3) is 0.333. The van der Waals surface area contributed by atoms with E-state index in [9.17, 15) is 0 Å². The summed E-state index contributed by atoms with van der Waals surface area (Å²) in [6.45, 7) is 1.88. The van der Waals surface area contributed by atoms with E-state index in [4.69, 9.17) is 23.2 Å². The van der Waals surface area contributed by atoms with E-state index in [2.05, 4.69) is 25.6 Å². The minimum atomic E-state index is -0.154. The van der Waals surface area contributed by atoms with Crippen LogP contribution < -0.4 is 10.6 Å². The molecule has 130 valence electrons. The van der Waals surface area contributed by atoms with Crippen molar-refractivity contribution >= 4 is 40.1 Å². The number of anilines is 1. The van der Waals surface area contributed by atoms with Crippen molar-refractivity contribution in [3.63, 3.8) is 0 Å². The van der Waals surface area contributed by atoms with Gasteiger partial charge in [-0.1, -0.05) is 29.3 Å². The van der Waals surface area contributed by atoms with Gasteiger partial charge in [-0.25, -0.2) is 9.97 Å². The number of halogens is 2. The molecule has 7 heteroatoms. The lowest BCUT2D eigenvalue weighted by Gasteiger charge is -2.39. The first-order valence-electron chi connectivity index (χ1n) is 8.37. The summed E-state index contributed by atoms with van der Waals surface area (Å²) in [5.41, 5.74) is 1.66. The molecular weight excluding hydrogens is 357 g/mol. The molecule has 3 heterocycles. The Labute approximate surface area is 156 Å². The van der Waals surface area contributed by atoms with Gasteiger partial charge in [-0.05, 0) is 56.1 Å². The summed E-state index contributed by atoms with van der Waals surface area (Å²) in [5, 5.41) is 9.54. The maximum absolute atomic E-state index is 6.43. The fourth-order valence-corrected chi connectivity index (χ4v) is 4.05. The van der Waals surface area contributed by atoms with Gasteiger partial charge < -0.3 is 15.6 Å². The van der Waals surface area contributed by atoms with E-state index in [1.807, 2.05) is 30.5 Å². The molecule has 0 bridgehead atoms. The Morgan fingerprint density at radius 1 is 1.08 bits per heavy atom. The number of benzene rings is 1. The number of piperidine rings is 1. The summed E-state index contributed by atoms with van der Waals surface area (Å²) in [7, 11) is 0. The molecule has 0 radical (unpaired) electrons. The number of hydrogen-bond donors (Lipinski definition) is 3. The molecule has 0 atom stereocenters. The van der Waals surface area contributed by atoms with Crippen LogP contribution in [0.5, 0.6) is 0 Å². The third kappa shape index (κ3) is 3.32. The molecule has 1 aliphatic heterocycles. The Morgan fingerprint density at radius 2 is 1.84 bits per heavy atom. The molecule has 0 spiro atoms. The zero-order valence-corrected chi connectivity index (χ0v) is 15.2. The second-order valence-corrected chi connectivity index (χ2v) is 7.31. The average Bonchev–Trinajstić information content (AvgIpc) is 3.09. The molecule has 0 aliphatic carbocycles. The van der Waals surface area contributed by atoms with E-state index in [1.165, 1.54) is 0 Å². The van der Waals surface area contributed by atoms with Crippen molar-refractivity contribution in [2.75, 3.05) is 18.4 Å². The normalized spacial score (nSPS) is 16.9. The van der Waals surface area contributed by atoms with Gasteiger partial charge >= 0.3 is 0 Å². The summed E-state index contributed by atoms with van der Waals surface area (Å²) in [4.78, 5) is 11.9. The van der Waals surface area contributed by atoms with Gasteiger partial charge in [-0.3, -0.25) is 0 Å². The first kappa shape index (κ1) is 16.6. The van der Waals surface area contributed by atoms with Gasteiger partial charge in [0.15, 0.2) is 0 Å². The number of aromatic nitrogens is 3. The van der Waals surface area contributed by atoms with Crippen molar-refractivity contribution in [1.29, 1.82) is 0 Å². The number of H-pyrrole nitrogens is 1. The summed E-state index contributed by atoms with van der Waals surface area (Å²) >= 11 is 12.9. The number of hydrogen-bond acceptors (Lipinski definition) is 4. The van der Waals surface area contributed by atoms with Gasteiger partial charge in [0.25, 0.3) is 0 Å². The van der Waals surface area contributed by atoms with Gasteiger partial charge in [-0.15, -0.1) is 0 Å². The third-order valence-electron chi connectivity index (χ3n) is 4.88. The smallest absolute Gasteiger partial charge is 0.142 e. The number of nitrogens with one attached hydrogen (secondary N) is 3. The van der Waals surface area contributed by atoms with Crippen LogP contribution in [0.4, 0.5) is 5.82 Å². The molecule has 5 nitrogen and oxygen atoms in total. The highest BCUT2D eigenvalue weighted by molar-refractivity contribution is 6.36. The first-order valence-corrected chi connectivity index (χ1v) is 9.12. The molecule has 0 amide bonds. The predicted molar refractivity (Wildman–Crippen MR) is 103 cm³/mol. The van der Waals surface area contributed by atoms with Crippen molar-refractivity contribution in [2.45, 2.75) is 24.8 Å². The Morgan fingerprint density at radius 3 is 2.60 bits per heavy atom. The van der Waals surface area contributed by atoms with E-state index in [1.54, 1.807) is 6.33 Å². The van der Waals surface area contributed by atoms with E-state index in [0.29, 0.717) is 10.0 Å². The molecule has 1 aromatic carbocycles. The maximum Gasteiger partial charge on any atom is 0.142 e. The van der Waals surface area contributed by atoms with Crippen LogP contribution in [0.15, 0.2) is 36.8 Å². The van der Waals surface area contributed by atoms with Crippen LogP contribution >= 0.6 is 23.2 Å². The number of fused-ring (bicyclic) bond motifs is 1. The quantitative estimate of drug-likeness (QED) is 0.643. The Hall–Kier alpha value is -1.82. The van der Waals surface area contributed by atoms with Crippen LogP contribution in [0.25, 0.3) is 11.0 Å². The van der Waals surface area contributed by atoms with Crippen molar-refractivity contribution < 1.29 is 0 Å². The highest BCUT2D eigenvalue weighted by atomic mass is 35.5. The molecule has 25 heavy (non-hydrogen) atoms. The fourth-order valence-electron chi connectivity index (χ4n) is 3.51. The largest absolute Gasteiger partial charge is 0.364 e. The molecule has 4 rings (SSSR count). The summed E-state index contributed by atoms with van der Waals surface area (Å²) in [5.74, 6) is 0.844. The maximum atomic E-state index is 6.43. The highest BCUT2D eigenvalue weighted by Crippen LogP contribution is 2.35. The second kappa shape index (κ2) is 6.83. The molecule has 1 aliphatic rings. The van der Waals surface area contributed by atoms with Gasteiger partial charge in [-0.2, -0.15) is 0 Å². The van der Waals surface area contributed by atoms with Crippen LogP contribution in [0.1, 0.15) is 18.4 Å². The van der Waals surface area contributed by atoms with Crippen molar-refractivity contribution in [1.82, 2.24) is 20.3 Å². The molecule has 0 saturated carbocycles. The molecule has 1 saturated heterocycles. The third-order valence-corrected chi connectivity index (χ3v) is 5.58. The van der Waals surface area contributed by atoms with Crippen molar-refractivity contribution in [3.05, 3.63) is 52.4 Å². The number of nitrogens with zero attached hydrogens (tertiary/aromatic N) is 2. The molecule has 0 unspecified atom stereocenters. The lowest BCUT2D eigenvalue weighted by Crippen LogP contribution is -2.49. The lowest BCUT2D eigenvalue weighted by atomic mass is 9.82. The van der Waals surface area contributed by atoms with Crippen LogP contribution in [0.3, 0.4) is 0 Å². The van der Waals surface area contributed by atoms with E-state index < -0.39 is 0 Å². The van der Waals surface area contributed by atoms with Gasteiger partial charge in [0.2, 0.25) is 0 Å². The summed E-state index contributed by atoms with van der Waals surface area (Å²) < 4.78 is 0. The minimum absolute atomic E-state index is 0.154.